The molecular formula is C26H29N3O2S. The van der Waals surface area contributed by atoms with Gasteiger partial charge in [0.2, 0.25) is 5.91 Å². The van der Waals surface area contributed by atoms with Crippen LogP contribution in [0.15, 0.2) is 70.0 Å². The van der Waals surface area contributed by atoms with Crippen LogP contribution in [-0.2, 0) is 11.3 Å². The van der Waals surface area contributed by atoms with E-state index in [0.29, 0.717) is 18.1 Å². The summed E-state index contributed by atoms with van der Waals surface area (Å²) < 4.78 is 1.75. The van der Waals surface area contributed by atoms with E-state index in [-0.39, 0.29) is 17.2 Å². The first kappa shape index (κ1) is 22.3. The molecule has 3 aromatic rings. The summed E-state index contributed by atoms with van der Waals surface area (Å²) in [6, 6.07) is 15.8. The number of rotatable bonds is 8. The molecule has 4 rings (SSSR count). The summed E-state index contributed by atoms with van der Waals surface area (Å²) >= 11 is 1.21. The maximum absolute atomic E-state index is 13.2. The van der Waals surface area contributed by atoms with Crippen LogP contribution in [0.2, 0.25) is 0 Å². The van der Waals surface area contributed by atoms with Crippen molar-refractivity contribution < 1.29 is 4.79 Å². The summed E-state index contributed by atoms with van der Waals surface area (Å²) in [6.45, 7) is 3.16. The molecular weight excluding hydrogens is 418 g/mol. The third-order valence-corrected chi connectivity index (χ3v) is 6.72. The highest BCUT2D eigenvalue weighted by atomic mass is 32.2. The SMILES string of the molecule is Cc1ccc(Cn2c(=O)c(SCC(=O)NCCC3=CCCCC3)nc3ccccc32)cc1. The van der Waals surface area contributed by atoms with Gasteiger partial charge in [-0.05, 0) is 56.7 Å². The number of amides is 1. The van der Waals surface area contributed by atoms with Crippen molar-refractivity contribution in [2.24, 2.45) is 0 Å². The smallest absolute Gasteiger partial charge is 0.283 e. The Bertz CT molecular complexity index is 1180. The van der Waals surface area contributed by atoms with E-state index in [1.54, 1.807) is 4.57 Å². The van der Waals surface area contributed by atoms with Crippen LogP contribution in [-0.4, -0.2) is 27.8 Å². The molecule has 1 N–H and O–H groups in total. The number of carbonyl (C=O) groups excluding carboxylic acids is 1. The average Bonchev–Trinajstić information content (AvgIpc) is 2.82. The van der Waals surface area contributed by atoms with E-state index in [1.165, 1.54) is 35.7 Å². The molecule has 0 radical (unpaired) electrons. The quantitative estimate of drug-likeness (QED) is 0.396. The number of nitrogens with zero attached hydrogens (tertiary/aromatic N) is 2. The Morgan fingerprint density at radius 3 is 2.72 bits per heavy atom. The van der Waals surface area contributed by atoms with Crippen molar-refractivity contribution in [2.75, 3.05) is 12.3 Å². The van der Waals surface area contributed by atoms with Gasteiger partial charge in [0, 0.05) is 6.54 Å². The first-order chi connectivity index (χ1) is 15.6. The highest BCUT2D eigenvalue weighted by Gasteiger charge is 2.14. The number of nitrogens with one attached hydrogen (secondary N) is 1. The monoisotopic (exact) mass is 447 g/mol. The maximum Gasteiger partial charge on any atom is 0.283 e. The van der Waals surface area contributed by atoms with Crippen LogP contribution in [0, 0.1) is 6.92 Å². The lowest BCUT2D eigenvalue weighted by Gasteiger charge is -2.13. The summed E-state index contributed by atoms with van der Waals surface area (Å²) in [5.41, 5.74) is 5.08. The minimum Gasteiger partial charge on any atom is -0.355 e. The van der Waals surface area contributed by atoms with Gasteiger partial charge < -0.3 is 5.32 Å². The van der Waals surface area contributed by atoms with Crippen LogP contribution >= 0.6 is 11.8 Å². The zero-order valence-corrected chi connectivity index (χ0v) is 19.3. The molecule has 166 valence electrons. The van der Waals surface area contributed by atoms with Gasteiger partial charge in [0.15, 0.2) is 5.03 Å². The molecule has 5 nitrogen and oxygen atoms in total. The number of allylic oxidation sites excluding steroid dienone is 1. The van der Waals surface area contributed by atoms with Crippen molar-refractivity contribution in [3.05, 3.63) is 81.7 Å². The zero-order valence-electron chi connectivity index (χ0n) is 18.5. The minimum atomic E-state index is -0.158. The second kappa shape index (κ2) is 10.6. The third kappa shape index (κ3) is 5.68. The lowest BCUT2D eigenvalue weighted by Crippen LogP contribution is -2.28. The topological polar surface area (TPSA) is 64.0 Å². The Kier molecular flexibility index (Phi) is 7.43. The van der Waals surface area contributed by atoms with Gasteiger partial charge in [0.1, 0.15) is 0 Å². The van der Waals surface area contributed by atoms with Crippen LogP contribution < -0.4 is 10.9 Å². The minimum absolute atomic E-state index is 0.0640. The summed E-state index contributed by atoms with van der Waals surface area (Å²) in [7, 11) is 0. The Morgan fingerprint density at radius 1 is 1.12 bits per heavy atom. The van der Waals surface area contributed by atoms with Gasteiger partial charge in [-0.25, -0.2) is 4.98 Å². The van der Waals surface area contributed by atoms with E-state index < -0.39 is 0 Å². The zero-order chi connectivity index (χ0) is 22.3. The largest absolute Gasteiger partial charge is 0.355 e. The molecule has 0 spiro atoms. The number of carbonyl (C=O) groups is 1. The van der Waals surface area contributed by atoms with E-state index in [9.17, 15) is 9.59 Å². The highest BCUT2D eigenvalue weighted by Crippen LogP contribution is 2.20. The van der Waals surface area contributed by atoms with Crippen molar-refractivity contribution in [2.45, 2.75) is 50.6 Å². The van der Waals surface area contributed by atoms with E-state index in [0.717, 1.165) is 35.9 Å². The molecule has 1 heterocycles. The second-order valence-electron chi connectivity index (χ2n) is 8.28. The number of para-hydroxylation sites is 2. The first-order valence-corrected chi connectivity index (χ1v) is 12.2. The molecule has 1 aromatic heterocycles. The summed E-state index contributed by atoms with van der Waals surface area (Å²) in [6.07, 6.45) is 8.03. The van der Waals surface area contributed by atoms with E-state index in [1.807, 2.05) is 55.5 Å². The molecule has 32 heavy (non-hydrogen) atoms. The van der Waals surface area contributed by atoms with Gasteiger partial charge in [-0.3, -0.25) is 14.2 Å². The lowest BCUT2D eigenvalue weighted by atomic mass is 9.97. The van der Waals surface area contributed by atoms with Gasteiger partial charge >= 0.3 is 0 Å². The summed E-state index contributed by atoms with van der Waals surface area (Å²) in [5, 5.41) is 3.34. The van der Waals surface area contributed by atoms with Crippen LogP contribution in [0.3, 0.4) is 0 Å². The van der Waals surface area contributed by atoms with Gasteiger partial charge in [-0.15, -0.1) is 0 Å². The van der Waals surface area contributed by atoms with Gasteiger partial charge in [0.25, 0.3) is 5.56 Å². The normalized spacial score (nSPS) is 13.7. The lowest BCUT2D eigenvalue weighted by molar-refractivity contribution is -0.118. The van der Waals surface area contributed by atoms with Crippen molar-refractivity contribution in [3.63, 3.8) is 0 Å². The molecule has 0 fully saturated rings. The van der Waals surface area contributed by atoms with Crippen LogP contribution in [0.1, 0.15) is 43.2 Å². The number of thioether (sulfide) groups is 1. The first-order valence-electron chi connectivity index (χ1n) is 11.2. The predicted octanol–water partition coefficient (Wildman–Crippen LogP) is 4.85. The fourth-order valence-electron chi connectivity index (χ4n) is 3.98. The van der Waals surface area contributed by atoms with Crippen LogP contribution in [0.25, 0.3) is 11.0 Å². The highest BCUT2D eigenvalue weighted by molar-refractivity contribution is 7.99. The number of benzene rings is 2. The van der Waals surface area contributed by atoms with Crippen LogP contribution in [0.4, 0.5) is 0 Å². The van der Waals surface area contributed by atoms with E-state index in [2.05, 4.69) is 16.4 Å². The molecule has 2 aromatic carbocycles. The standard InChI is InChI=1S/C26H29N3O2S/c1-19-11-13-21(14-12-19)17-29-23-10-6-5-9-22(23)28-25(26(29)31)32-18-24(30)27-16-15-20-7-3-2-4-8-20/h5-7,9-14H,2-4,8,15-18H2,1H3,(H,27,30). The fourth-order valence-corrected chi connectivity index (χ4v) is 4.74. The third-order valence-electron chi connectivity index (χ3n) is 5.78. The number of fused-ring (bicyclic) bond motifs is 1. The number of aryl methyl sites for hydroxylation is 1. The fraction of sp³-hybridized carbons (Fsp3) is 0.346. The average molecular weight is 448 g/mol. The van der Waals surface area contributed by atoms with Gasteiger partial charge in [0.05, 0.1) is 23.3 Å². The Balaban J connectivity index is 1.45. The number of aromatic nitrogens is 2. The van der Waals surface area contributed by atoms with Crippen LogP contribution in [0.5, 0.6) is 0 Å². The van der Waals surface area contributed by atoms with Gasteiger partial charge in [-0.1, -0.05) is 65.4 Å². The van der Waals surface area contributed by atoms with Crippen molar-refractivity contribution in [1.82, 2.24) is 14.9 Å². The molecule has 0 saturated carbocycles. The maximum atomic E-state index is 13.2. The molecule has 1 aliphatic rings. The molecule has 0 aliphatic heterocycles. The molecule has 0 unspecified atom stereocenters. The van der Waals surface area contributed by atoms with Crippen molar-refractivity contribution >= 4 is 28.7 Å². The number of hydrogen-bond donors (Lipinski definition) is 1. The Morgan fingerprint density at radius 2 is 1.94 bits per heavy atom. The predicted molar refractivity (Wildman–Crippen MR) is 131 cm³/mol. The molecule has 1 amide bonds. The van der Waals surface area contributed by atoms with E-state index >= 15 is 0 Å². The summed E-state index contributed by atoms with van der Waals surface area (Å²) in [4.78, 5) is 30.1. The Hall–Kier alpha value is -2.86. The van der Waals surface area contributed by atoms with Gasteiger partial charge in [-0.2, -0.15) is 0 Å². The van der Waals surface area contributed by atoms with E-state index in [4.69, 9.17) is 0 Å². The van der Waals surface area contributed by atoms with Crippen molar-refractivity contribution in [3.8, 4) is 0 Å². The Labute approximate surface area is 192 Å². The second-order valence-corrected chi connectivity index (χ2v) is 9.24. The molecule has 0 bridgehead atoms. The van der Waals surface area contributed by atoms with Crippen molar-refractivity contribution in [1.29, 1.82) is 0 Å². The molecule has 0 atom stereocenters. The molecule has 0 saturated heterocycles. The summed E-state index contributed by atoms with van der Waals surface area (Å²) in [5.74, 6) is 0.121. The molecule has 6 heteroatoms. The molecule has 1 aliphatic carbocycles. The number of hydrogen-bond acceptors (Lipinski definition) is 4.